The topological polar surface area (TPSA) is 37.3 Å². The van der Waals surface area contributed by atoms with Gasteiger partial charge in [0.2, 0.25) is 0 Å². The highest BCUT2D eigenvalue weighted by atomic mass is 16.4. The molecule has 9 heavy (non-hydrogen) atoms. The fourth-order valence-corrected chi connectivity index (χ4v) is 0.370. The molecule has 0 spiro atoms. The van der Waals surface area contributed by atoms with E-state index >= 15 is 0 Å². The fourth-order valence-electron chi connectivity index (χ4n) is 0.370. The monoisotopic (exact) mass is 126 g/mol. The zero-order chi connectivity index (χ0) is 7.28. The summed E-state index contributed by atoms with van der Waals surface area (Å²) in [6.45, 7) is 7.01. The van der Waals surface area contributed by atoms with Gasteiger partial charge >= 0.3 is 5.97 Å². The van der Waals surface area contributed by atoms with Crippen LogP contribution in [0, 0.1) is 0 Å². The SMILES string of the molecule is C=CC(=C)CCC(=O)O. The predicted molar refractivity (Wildman–Crippen MR) is 36.2 cm³/mol. The van der Waals surface area contributed by atoms with Crippen molar-refractivity contribution in [2.45, 2.75) is 12.8 Å². The number of rotatable bonds is 4. The quantitative estimate of drug-likeness (QED) is 0.581. The Kier molecular flexibility index (Phi) is 3.44. The molecule has 0 radical (unpaired) electrons. The second-order valence-corrected chi connectivity index (χ2v) is 1.76. The van der Waals surface area contributed by atoms with E-state index < -0.39 is 5.97 Å². The largest absolute Gasteiger partial charge is 0.481 e. The first kappa shape index (κ1) is 7.95. The Morgan fingerprint density at radius 3 is 2.44 bits per heavy atom. The molecule has 0 saturated heterocycles. The summed E-state index contributed by atoms with van der Waals surface area (Å²) < 4.78 is 0. The maximum absolute atomic E-state index is 9.94. The van der Waals surface area contributed by atoms with Crippen molar-refractivity contribution >= 4 is 5.97 Å². The molecule has 50 valence electrons. The van der Waals surface area contributed by atoms with Gasteiger partial charge in [-0.3, -0.25) is 4.79 Å². The van der Waals surface area contributed by atoms with Gasteiger partial charge in [-0.05, 0) is 6.42 Å². The third kappa shape index (κ3) is 4.81. The van der Waals surface area contributed by atoms with E-state index in [-0.39, 0.29) is 6.42 Å². The molecule has 0 aliphatic carbocycles. The minimum Gasteiger partial charge on any atom is -0.481 e. The van der Waals surface area contributed by atoms with Gasteiger partial charge in [0.1, 0.15) is 0 Å². The molecule has 0 aliphatic rings. The Morgan fingerprint density at radius 1 is 1.56 bits per heavy atom. The summed E-state index contributed by atoms with van der Waals surface area (Å²) in [5.41, 5.74) is 0.775. The third-order valence-corrected chi connectivity index (χ3v) is 0.949. The number of carboxylic acid groups (broad SMARTS) is 1. The van der Waals surface area contributed by atoms with Crippen LogP contribution in [0.15, 0.2) is 24.8 Å². The molecule has 0 fully saturated rings. The number of hydrogen-bond donors (Lipinski definition) is 1. The van der Waals surface area contributed by atoms with E-state index in [1.165, 1.54) is 0 Å². The molecule has 0 unspecified atom stereocenters. The predicted octanol–water partition coefficient (Wildman–Crippen LogP) is 1.59. The molecule has 0 atom stereocenters. The standard InChI is InChI=1S/C7H10O2/c1-3-6(2)4-5-7(8)9/h3H,1-2,4-5H2,(H,8,9). The van der Waals surface area contributed by atoms with Crippen LogP contribution in [0.5, 0.6) is 0 Å². The first-order valence-electron chi connectivity index (χ1n) is 2.69. The number of aliphatic carboxylic acids is 1. The molecule has 0 aliphatic heterocycles. The molecular formula is C7H10O2. The lowest BCUT2D eigenvalue weighted by Gasteiger charge is -1.92. The van der Waals surface area contributed by atoms with Crippen molar-refractivity contribution in [1.82, 2.24) is 0 Å². The summed E-state index contributed by atoms with van der Waals surface area (Å²) in [5, 5.41) is 8.18. The molecule has 1 N–H and O–H groups in total. The molecule has 0 bridgehead atoms. The van der Waals surface area contributed by atoms with E-state index in [2.05, 4.69) is 13.2 Å². The van der Waals surface area contributed by atoms with Gasteiger partial charge in [-0.25, -0.2) is 0 Å². The zero-order valence-electron chi connectivity index (χ0n) is 5.26. The summed E-state index contributed by atoms with van der Waals surface area (Å²) in [6, 6.07) is 0. The van der Waals surface area contributed by atoms with E-state index in [0.29, 0.717) is 6.42 Å². The Balaban J connectivity index is 3.39. The summed E-state index contributed by atoms with van der Waals surface area (Å²) in [4.78, 5) is 9.94. The van der Waals surface area contributed by atoms with Gasteiger partial charge in [0, 0.05) is 6.42 Å². The van der Waals surface area contributed by atoms with Crippen molar-refractivity contribution in [2.75, 3.05) is 0 Å². The van der Waals surface area contributed by atoms with Gasteiger partial charge in [0.15, 0.2) is 0 Å². The summed E-state index contributed by atoms with van der Waals surface area (Å²) in [7, 11) is 0. The highest BCUT2D eigenvalue weighted by molar-refractivity contribution is 5.67. The molecule has 2 heteroatoms. The number of carbonyl (C=O) groups is 1. The van der Waals surface area contributed by atoms with Crippen LogP contribution in [-0.2, 0) is 4.79 Å². The van der Waals surface area contributed by atoms with Crippen LogP contribution >= 0.6 is 0 Å². The molecule has 2 nitrogen and oxygen atoms in total. The smallest absolute Gasteiger partial charge is 0.303 e. The molecule has 0 rings (SSSR count). The van der Waals surface area contributed by atoms with E-state index in [1.807, 2.05) is 0 Å². The highest BCUT2D eigenvalue weighted by Gasteiger charge is 1.95. The maximum Gasteiger partial charge on any atom is 0.303 e. The van der Waals surface area contributed by atoms with Crippen molar-refractivity contribution in [1.29, 1.82) is 0 Å². The van der Waals surface area contributed by atoms with Gasteiger partial charge < -0.3 is 5.11 Å². The first-order chi connectivity index (χ1) is 4.16. The van der Waals surface area contributed by atoms with E-state index in [4.69, 9.17) is 5.11 Å². The van der Waals surface area contributed by atoms with E-state index in [1.54, 1.807) is 6.08 Å². The van der Waals surface area contributed by atoms with Crippen LogP contribution in [0.1, 0.15) is 12.8 Å². The Hall–Kier alpha value is -1.05. The van der Waals surface area contributed by atoms with Gasteiger partial charge in [-0.2, -0.15) is 0 Å². The van der Waals surface area contributed by atoms with Crippen LogP contribution in [0.25, 0.3) is 0 Å². The third-order valence-electron chi connectivity index (χ3n) is 0.949. The van der Waals surface area contributed by atoms with Crippen molar-refractivity contribution in [3.05, 3.63) is 24.8 Å². The van der Waals surface area contributed by atoms with Crippen LogP contribution in [-0.4, -0.2) is 11.1 Å². The minimum atomic E-state index is -0.794. The molecule has 0 heterocycles. The molecule has 0 saturated carbocycles. The molecule has 0 aromatic carbocycles. The van der Waals surface area contributed by atoms with Gasteiger partial charge in [-0.1, -0.05) is 24.8 Å². The van der Waals surface area contributed by atoms with Gasteiger partial charge in [0.25, 0.3) is 0 Å². The van der Waals surface area contributed by atoms with Crippen LogP contribution < -0.4 is 0 Å². The van der Waals surface area contributed by atoms with Gasteiger partial charge in [-0.15, -0.1) is 0 Å². The van der Waals surface area contributed by atoms with Crippen molar-refractivity contribution in [3.8, 4) is 0 Å². The van der Waals surface area contributed by atoms with E-state index in [9.17, 15) is 4.79 Å². The Morgan fingerprint density at radius 2 is 2.11 bits per heavy atom. The maximum atomic E-state index is 9.94. The number of hydrogen-bond acceptors (Lipinski definition) is 1. The normalized spacial score (nSPS) is 8.44. The fraction of sp³-hybridized carbons (Fsp3) is 0.286. The average molecular weight is 126 g/mol. The second-order valence-electron chi connectivity index (χ2n) is 1.76. The van der Waals surface area contributed by atoms with Crippen molar-refractivity contribution < 1.29 is 9.90 Å². The molecular weight excluding hydrogens is 116 g/mol. The molecule has 0 aromatic rings. The summed E-state index contributed by atoms with van der Waals surface area (Å²) in [6.07, 6.45) is 2.21. The van der Waals surface area contributed by atoms with E-state index in [0.717, 1.165) is 5.57 Å². The average Bonchev–Trinajstić information content (AvgIpc) is 1.83. The minimum absolute atomic E-state index is 0.144. The number of allylic oxidation sites excluding steroid dienone is 2. The number of carboxylic acids is 1. The zero-order valence-corrected chi connectivity index (χ0v) is 5.26. The van der Waals surface area contributed by atoms with Crippen LogP contribution in [0.4, 0.5) is 0 Å². The Labute approximate surface area is 54.5 Å². The van der Waals surface area contributed by atoms with Crippen molar-refractivity contribution in [2.24, 2.45) is 0 Å². The lowest BCUT2D eigenvalue weighted by molar-refractivity contribution is -0.136. The molecule has 0 amide bonds. The summed E-state index contributed by atoms with van der Waals surface area (Å²) >= 11 is 0. The Bertz CT molecular complexity index is 136. The lowest BCUT2D eigenvalue weighted by Crippen LogP contribution is -1.93. The second kappa shape index (κ2) is 3.89. The van der Waals surface area contributed by atoms with Crippen molar-refractivity contribution in [3.63, 3.8) is 0 Å². The summed E-state index contributed by atoms with van der Waals surface area (Å²) in [5.74, 6) is -0.794. The van der Waals surface area contributed by atoms with Crippen LogP contribution in [0.2, 0.25) is 0 Å². The molecule has 0 aromatic heterocycles. The van der Waals surface area contributed by atoms with Crippen LogP contribution in [0.3, 0.4) is 0 Å². The lowest BCUT2D eigenvalue weighted by atomic mass is 10.2. The highest BCUT2D eigenvalue weighted by Crippen LogP contribution is 2.01. The first-order valence-corrected chi connectivity index (χ1v) is 2.69. The van der Waals surface area contributed by atoms with Gasteiger partial charge in [0.05, 0.1) is 0 Å².